The van der Waals surface area contributed by atoms with E-state index in [2.05, 4.69) is 50.0 Å². The molecule has 1 N–H and O–H groups in total. The van der Waals surface area contributed by atoms with Crippen molar-refractivity contribution in [2.24, 2.45) is 10.8 Å². The van der Waals surface area contributed by atoms with Gasteiger partial charge in [0.25, 0.3) is 5.91 Å². The van der Waals surface area contributed by atoms with Crippen LogP contribution >= 0.6 is 11.6 Å². The number of Topliss-reactive ketones (excluding diaryl/α,β-unsaturated/α-hetero) is 2. The Balaban J connectivity index is 1.41. The highest BCUT2D eigenvalue weighted by Gasteiger charge is 2.49. The molecule has 0 saturated heterocycles. The number of carbonyl (C=O) groups is 3. The third kappa shape index (κ3) is 7.53. The first kappa shape index (κ1) is 35.5. The molecule has 0 atom stereocenters. The lowest BCUT2D eigenvalue weighted by atomic mass is 9.63. The van der Waals surface area contributed by atoms with Crippen molar-refractivity contribution in [1.82, 2.24) is 4.90 Å². The maximum Gasteiger partial charge on any atom is 0.262 e. The summed E-state index contributed by atoms with van der Waals surface area (Å²) in [7, 11) is 0. The third-order valence-corrected chi connectivity index (χ3v) is 10.1. The van der Waals surface area contributed by atoms with Crippen LogP contribution in [0.2, 0.25) is 5.02 Å². The summed E-state index contributed by atoms with van der Waals surface area (Å²) < 4.78 is 12.0. The molecular formula is C42H47ClN2O5. The topological polar surface area (TPSA) is 84.9 Å². The number of hydrogen-bond donors (Lipinski definition) is 1. The number of benzene rings is 3. The molecule has 0 fully saturated rings. The predicted molar refractivity (Wildman–Crippen MR) is 198 cm³/mol. The summed E-state index contributed by atoms with van der Waals surface area (Å²) in [5.74, 6) is -0.214. The van der Waals surface area contributed by atoms with Gasteiger partial charge in [-0.05, 0) is 79.3 Å². The summed E-state index contributed by atoms with van der Waals surface area (Å²) in [6.07, 6.45) is 3.00. The highest BCUT2D eigenvalue weighted by molar-refractivity contribution is 6.32. The van der Waals surface area contributed by atoms with Crippen LogP contribution in [0.4, 0.5) is 5.69 Å². The minimum Gasteiger partial charge on any atom is -0.490 e. The molecule has 0 radical (unpaired) electrons. The maximum atomic E-state index is 14.3. The zero-order chi connectivity index (χ0) is 35.8. The molecule has 3 aliphatic rings. The first-order valence-corrected chi connectivity index (χ1v) is 17.9. The third-order valence-electron chi connectivity index (χ3n) is 9.84. The Bertz CT molecular complexity index is 1820. The smallest absolute Gasteiger partial charge is 0.262 e. The van der Waals surface area contributed by atoms with Gasteiger partial charge in [0.2, 0.25) is 0 Å². The molecule has 2 aliphatic carbocycles. The Labute approximate surface area is 300 Å². The number of rotatable bonds is 10. The maximum absolute atomic E-state index is 14.3. The SMILES string of the molecule is CCOc1cc(C2C3=C(CC(C)(C)CC3=O)N(CCc3ccccc3)C3=C2C(=O)CC(C)(C)C3)cc(Cl)c1OCC(=O)Nc1ccc(C)cc1. The lowest BCUT2D eigenvalue weighted by Crippen LogP contribution is -2.45. The number of carbonyl (C=O) groups excluding carboxylic acids is 3. The molecule has 7 nitrogen and oxygen atoms in total. The van der Waals surface area contributed by atoms with E-state index in [-0.39, 0.29) is 45.7 Å². The number of halogens is 1. The van der Waals surface area contributed by atoms with Gasteiger partial charge in [-0.15, -0.1) is 0 Å². The number of aryl methyl sites for hydroxylation is 1. The van der Waals surface area contributed by atoms with Crippen LogP contribution in [-0.2, 0) is 20.8 Å². The zero-order valence-electron chi connectivity index (χ0n) is 30.0. The van der Waals surface area contributed by atoms with Crippen LogP contribution in [0, 0.1) is 17.8 Å². The average molecular weight is 695 g/mol. The van der Waals surface area contributed by atoms with E-state index in [0.29, 0.717) is 67.0 Å². The molecule has 0 aromatic heterocycles. The van der Waals surface area contributed by atoms with Gasteiger partial charge in [-0.25, -0.2) is 0 Å². The van der Waals surface area contributed by atoms with E-state index in [4.69, 9.17) is 21.1 Å². The zero-order valence-corrected chi connectivity index (χ0v) is 30.7. The molecule has 3 aromatic rings. The second kappa shape index (κ2) is 14.1. The summed E-state index contributed by atoms with van der Waals surface area (Å²) >= 11 is 6.96. The van der Waals surface area contributed by atoms with Gasteiger partial charge >= 0.3 is 0 Å². The fourth-order valence-corrected chi connectivity index (χ4v) is 7.94. The van der Waals surface area contributed by atoms with Crippen LogP contribution in [0.1, 0.15) is 82.9 Å². The first-order chi connectivity index (χ1) is 23.7. The molecule has 1 amide bonds. The van der Waals surface area contributed by atoms with E-state index in [1.807, 2.05) is 62.4 Å². The molecule has 1 heterocycles. The predicted octanol–water partition coefficient (Wildman–Crippen LogP) is 8.99. The Morgan fingerprint density at radius 2 is 1.46 bits per heavy atom. The number of allylic oxidation sites excluding steroid dienone is 4. The van der Waals surface area contributed by atoms with Gasteiger partial charge in [-0.3, -0.25) is 14.4 Å². The van der Waals surface area contributed by atoms with Crippen molar-refractivity contribution in [3.05, 3.63) is 111 Å². The van der Waals surface area contributed by atoms with Crippen molar-refractivity contribution in [3.63, 3.8) is 0 Å². The lowest BCUT2D eigenvalue weighted by molar-refractivity contribution is -0.120. The molecule has 1 aliphatic heterocycles. The normalized spacial score (nSPS) is 18.5. The van der Waals surface area contributed by atoms with Crippen LogP contribution in [0.25, 0.3) is 0 Å². The van der Waals surface area contributed by atoms with Crippen LogP contribution < -0.4 is 14.8 Å². The van der Waals surface area contributed by atoms with Crippen molar-refractivity contribution < 1.29 is 23.9 Å². The molecule has 0 spiro atoms. The molecular weight excluding hydrogens is 648 g/mol. The molecule has 6 rings (SSSR count). The van der Waals surface area contributed by atoms with Crippen LogP contribution in [0.15, 0.2) is 89.3 Å². The summed E-state index contributed by atoms with van der Waals surface area (Å²) in [5.41, 5.74) is 6.55. The van der Waals surface area contributed by atoms with Crippen molar-refractivity contribution in [2.75, 3.05) is 25.1 Å². The highest BCUT2D eigenvalue weighted by Crippen LogP contribution is 2.55. The van der Waals surface area contributed by atoms with Crippen LogP contribution in [-0.4, -0.2) is 42.1 Å². The van der Waals surface area contributed by atoms with Gasteiger partial charge in [0.05, 0.1) is 11.6 Å². The second-order valence-corrected chi connectivity index (χ2v) is 15.8. The summed E-state index contributed by atoms with van der Waals surface area (Å²) in [4.78, 5) is 43.8. The monoisotopic (exact) mass is 694 g/mol. The van der Waals surface area contributed by atoms with E-state index < -0.39 is 5.92 Å². The van der Waals surface area contributed by atoms with Gasteiger partial charge in [-0.2, -0.15) is 0 Å². The van der Waals surface area contributed by atoms with Gasteiger partial charge in [0.15, 0.2) is 29.7 Å². The average Bonchev–Trinajstić information content (AvgIpc) is 3.03. The van der Waals surface area contributed by atoms with Gasteiger partial charge < -0.3 is 19.7 Å². The molecule has 50 heavy (non-hydrogen) atoms. The summed E-state index contributed by atoms with van der Waals surface area (Å²) in [5, 5.41) is 3.09. The molecule has 8 heteroatoms. The van der Waals surface area contributed by atoms with Crippen LogP contribution in [0.3, 0.4) is 0 Å². The van der Waals surface area contributed by atoms with Gasteiger partial charge in [0.1, 0.15) is 0 Å². The van der Waals surface area contributed by atoms with E-state index in [9.17, 15) is 14.4 Å². The lowest BCUT2D eigenvalue weighted by Gasteiger charge is -2.49. The van der Waals surface area contributed by atoms with Gasteiger partial charge in [0, 0.05) is 53.5 Å². The Kier molecular flexibility index (Phi) is 10.0. The number of hydrogen-bond acceptors (Lipinski definition) is 6. The van der Waals surface area contributed by atoms with Crippen molar-refractivity contribution in [1.29, 1.82) is 0 Å². The molecule has 3 aromatic carbocycles. The number of nitrogens with one attached hydrogen (secondary N) is 1. The standard InChI is InChI=1S/C42H47ClN2O5/c1-7-49-35-20-28(19-30(43)40(35)50-25-36(48)44-29-15-13-26(2)14-16-29)37-38-31(21-41(3,4)23-33(38)46)45(18-17-27-11-9-8-10-12-27)32-22-42(5,6)24-34(47)39(32)37/h8-16,19-20,37H,7,17-18,21-25H2,1-6H3,(H,44,48). The number of amides is 1. The number of ketones is 2. The Morgan fingerprint density at radius 1 is 0.860 bits per heavy atom. The fraction of sp³-hybridized carbons (Fsp3) is 0.405. The summed E-state index contributed by atoms with van der Waals surface area (Å²) in [6, 6.07) is 21.5. The Hall–Kier alpha value is -4.36. The summed E-state index contributed by atoms with van der Waals surface area (Å²) in [6.45, 7) is 13.1. The highest BCUT2D eigenvalue weighted by atomic mass is 35.5. The molecule has 0 bridgehead atoms. The van der Waals surface area contributed by atoms with E-state index in [1.54, 1.807) is 6.07 Å². The van der Waals surface area contributed by atoms with E-state index >= 15 is 0 Å². The largest absolute Gasteiger partial charge is 0.490 e. The number of anilines is 1. The molecule has 0 saturated carbocycles. The van der Waals surface area contributed by atoms with Crippen molar-refractivity contribution in [2.45, 2.75) is 79.6 Å². The second-order valence-electron chi connectivity index (χ2n) is 15.4. The van der Waals surface area contributed by atoms with Gasteiger partial charge in [-0.1, -0.05) is 87.3 Å². The first-order valence-electron chi connectivity index (χ1n) is 17.5. The van der Waals surface area contributed by atoms with E-state index in [0.717, 1.165) is 23.4 Å². The van der Waals surface area contributed by atoms with E-state index in [1.165, 1.54) is 5.56 Å². The number of nitrogens with zero attached hydrogens (tertiary/aromatic N) is 1. The minimum atomic E-state index is -0.587. The fourth-order valence-electron chi connectivity index (χ4n) is 7.67. The molecule has 262 valence electrons. The number of ether oxygens (including phenoxy) is 2. The Morgan fingerprint density at radius 3 is 2.04 bits per heavy atom. The van der Waals surface area contributed by atoms with Crippen LogP contribution in [0.5, 0.6) is 11.5 Å². The van der Waals surface area contributed by atoms with Crippen molar-refractivity contribution >= 4 is 34.8 Å². The molecule has 0 unspecified atom stereocenters. The minimum absolute atomic E-state index is 0.0531. The van der Waals surface area contributed by atoms with Crippen molar-refractivity contribution in [3.8, 4) is 11.5 Å². The quantitative estimate of drug-likeness (QED) is 0.228.